The number of nitrogens with one attached hydrogen (secondary N) is 2. The number of likely N-dealkylation sites (tertiary alicyclic amines) is 1. The van der Waals surface area contributed by atoms with Crippen LogP contribution in [0.25, 0.3) is 0 Å². The maximum Gasteiger partial charge on any atom is 0.190 e. The molecule has 0 bridgehead atoms. The van der Waals surface area contributed by atoms with Crippen LogP contribution in [-0.2, 0) is 4.74 Å². The zero-order valence-corrected chi connectivity index (χ0v) is 18.6. The van der Waals surface area contributed by atoms with Crippen molar-refractivity contribution in [2.75, 3.05) is 46.4 Å². The molecular formula is C18H39IN4O. The summed E-state index contributed by atoms with van der Waals surface area (Å²) in [7, 11) is 1.84. The first kappa shape index (κ1) is 23.9. The SMILES string of the molecule is CCOC(CCNC(=NC)NCC(C)CN1CCCC1)C(C)C.I. The second-order valence-corrected chi connectivity index (χ2v) is 7.02. The number of hydrogen-bond donors (Lipinski definition) is 2. The van der Waals surface area contributed by atoms with Gasteiger partial charge in [-0.1, -0.05) is 20.8 Å². The Bertz CT molecular complexity index is 333. The molecule has 0 radical (unpaired) electrons. The molecule has 0 aromatic rings. The van der Waals surface area contributed by atoms with Gasteiger partial charge in [-0.2, -0.15) is 0 Å². The fourth-order valence-corrected chi connectivity index (χ4v) is 3.12. The molecule has 24 heavy (non-hydrogen) atoms. The Morgan fingerprint density at radius 2 is 1.83 bits per heavy atom. The molecule has 1 aliphatic rings. The van der Waals surface area contributed by atoms with Crippen LogP contribution in [0.2, 0.25) is 0 Å². The molecule has 2 unspecified atom stereocenters. The van der Waals surface area contributed by atoms with Crippen molar-refractivity contribution in [3.8, 4) is 0 Å². The Hall–Kier alpha value is -0.0800. The summed E-state index contributed by atoms with van der Waals surface area (Å²) in [6.07, 6.45) is 4.05. The summed E-state index contributed by atoms with van der Waals surface area (Å²) >= 11 is 0. The first-order valence-electron chi connectivity index (χ1n) is 9.35. The van der Waals surface area contributed by atoms with Crippen LogP contribution in [0.3, 0.4) is 0 Å². The lowest BCUT2D eigenvalue weighted by Crippen LogP contribution is -2.42. The Balaban J connectivity index is 0.00000529. The second kappa shape index (κ2) is 14.1. The number of hydrogen-bond acceptors (Lipinski definition) is 3. The zero-order chi connectivity index (χ0) is 17.1. The molecule has 1 aliphatic heterocycles. The normalized spacial score (nSPS) is 18.3. The van der Waals surface area contributed by atoms with E-state index < -0.39 is 0 Å². The van der Waals surface area contributed by atoms with Crippen LogP contribution < -0.4 is 10.6 Å². The number of rotatable bonds is 10. The van der Waals surface area contributed by atoms with Crippen molar-refractivity contribution in [3.63, 3.8) is 0 Å². The minimum Gasteiger partial charge on any atom is -0.378 e. The van der Waals surface area contributed by atoms with Crippen molar-refractivity contribution in [1.29, 1.82) is 0 Å². The lowest BCUT2D eigenvalue weighted by Gasteiger charge is -2.23. The number of halogens is 1. The van der Waals surface area contributed by atoms with Crippen molar-refractivity contribution in [1.82, 2.24) is 15.5 Å². The molecule has 0 saturated carbocycles. The number of nitrogens with zero attached hydrogens (tertiary/aromatic N) is 2. The third-order valence-corrected chi connectivity index (χ3v) is 4.46. The topological polar surface area (TPSA) is 48.9 Å². The highest BCUT2D eigenvalue weighted by molar-refractivity contribution is 14.0. The highest BCUT2D eigenvalue weighted by Crippen LogP contribution is 2.10. The Labute approximate surface area is 166 Å². The summed E-state index contributed by atoms with van der Waals surface area (Å²) in [4.78, 5) is 6.89. The molecule has 0 amide bonds. The van der Waals surface area contributed by atoms with Crippen molar-refractivity contribution < 1.29 is 4.74 Å². The van der Waals surface area contributed by atoms with E-state index in [2.05, 4.69) is 48.2 Å². The van der Waals surface area contributed by atoms with E-state index in [0.717, 1.165) is 32.1 Å². The van der Waals surface area contributed by atoms with Crippen LogP contribution in [-0.4, -0.2) is 63.3 Å². The van der Waals surface area contributed by atoms with Crippen LogP contribution >= 0.6 is 24.0 Å². The van der Waals surface area contributed by atoms with Gasteiger partial charge in [-0.25, -0.2) is 0 Å². The smallest absolute Gasteiger partial charge is 0.190 e. The Kier molecular flexibility index (Phi) is 14.1. The van der Waals surface area contributed by atoms with Crippen LogP contribution in [0, 0.1) is 11.8 Å². The summed E-state index contributed by atoms with van der Waals surface area (Å²) in [6, 6.07) is 0. The Morgan fingerprint density at radius 3 is 2.38 bits per heavy atom. The highest BCUT2D eigenvalue weighted by Gasteiger charge is 2.15. The van der Waals surface area contributed by atoms with Crippen molar-refractivity contribution >= 4 is 29.9 Å². The average molecular weight is 454 g/mol. The monoisotopic (exact) mass is 454 g/mol. The van der Waals surface area contributed by atoms with E-state index >= 15 is 0 Å². The second-order valence-electron chi connectivity index (χ2n) is 7.02. The van der Waals surface area contributed by atoms with Crippen LogP contribution in [0.5, 0.6) is 0 Å². The largest absolute Gasteiger partial charge is 0.378 e. The minimum atomic E-state index is 0. The molecule has 1 fully saturated rings. The lowest BCUT2D eigenvalue weighted by atomic mass is 10.0. The summed E-state index contributed by atoms with van der Waals surface area (Å²) in [5.41, 5.74) is 0. The van der Waals surface area contributed by atoms with Gasteiger partial charge in [0.05, 0.1) is 6.10 Å². The predicted molar refractivity (Wildman–Crippen MR) is 114 cm³/mol. The zero-order valence-electron chi connectivity index (χ0n) is 16.3. The predicted octanol–water partition coefficient (Wildman–Crippen LogP) is 2.95. The third-order valence-electron chi connectivity index (χ3n) is 4.46. The van der Waals surface area contributed by atoms with Gasteiger partial charge in [0.25, 0.3) is 0 Å². The number of guanidine groups is 1. The van der Waals surface area contributed by atoms with E-state index in [1.807, 2.05) is 7.05 Å². The molecule has 1 saturated heterocycles. The summed E-state index contributed by atoms with van der Waals surface area (Å²) < 4.78 is 5.79. The third kappa shape index (κ3) is 10.0. The molecule has 0 spiro atoms. The van der Waals surface area contributed by atoms with Crippen molar-refractivity contribution in [2.45, 2.75) is 53.1 Å². The molecule has 0 aromatic carbocycles. The first-order valence-corrected chi connectivity index (χ1v) is 9.35. The fraction of sp³-hybridized carbons (Fsp3) is 0.944. The van der Waals surface area contributed by atoms with Gasteiger partial charge in [-0.05, 0) is 51.1 Å². The van der Waals surface area contributed by atoms with Gasteiger partial charge in [0, 0.05) is 33.3 Å². The fourth-order valence-electron chi connectivity index (χ4n) is 3.12. The van der Waals surface area contributed by atoms with Gasteiger partial charge in [0.15, 0.2) is 5.96 Å². The quantitative estimate of drug-likeness (QED) is 0.303. The highest BCUT2D eigenvalue weighted by atomic mass is 127. The number of ether oxygens (including phenoxy) is 1. The lowest BCUT2D eigenvalue weighted by molar-refractivity contribution is 0.0258. The van der Waals surface area contributed by atoms with Gasteiger partial charge in [-0.3, -0.25) is 4.99 Å². The van der Waals surface area contributed by atoms with Gasteiger partial charge in [0.2, 0.25) is 0 Å². The Morgan fingerprint density at radius 1 is 1.17 bits per heavy atom. The molecule has 144 valence electrons. The molecule has 0 aliphatic carbocycles. The molecular weight excluding hydrogens is 415 g/mol. The molecule has 2 N–H and O–H groups in total. The number of aliphatic imine (C=N–C) groups is 1. The molecule has 0 aromatic heterocycles. The van der Waals surface area contributed by atoms with E-state index in [9.17, 15) is 0 Å². The van der Waals surface area contributed by atoms with E-state index in [1.165, 1.54) is 32.5 Å². The maximum absolute atomic E-state index is 5.79. The molecule has 2 atom stereocenters. The molecule has 5 nitrogen and oxygen atoms in total. The van der Waals surface area contributed by atoms with Crippen LogP contribution in [0.4, 0.5) is 0 Å². The first-order chi connectivity index (χ1) is 11.1. The minimum absolute atomic E-state index is 0. The van der Waals surface area contributed by atoms with E-state index in [4.69, 9.17) is 4.74 Å². The van der Waals surface area contributed by atoms with Crippen molar-refractivity contribution in [3.05, 3.63) is 0 Å². The van der Waals surface area contributed by atoms with Crippen LogP contribution in [0.1, 0.15) is 47.0 Å². The average Bonchev–Trinajstić information content (AvgIpc) is 3.02. The standard InChI is InChI=1S/C18H38N4O.HI/c1-6-23-17(15(2)3)9-10-20-18(19-5)21-13-16(4)14-22-11-7-8-12-22;/h15-17H,6-14H2,1-5H3,(H2,19,20,21);1H. The molecule has 6 heteroatoms. The van der Waals surface area contributed by atoms with Crippen LogP contribution in [0.15, 0.2) is 4.99 Å². The van der Waals surface area contributed by atoms with E-state index in [0.29, 0.717) is 17.9 Å². The van der Waals surface area contributed by atoms with E-state index in [1.54, 1.807) is 0 Å². The van der Waals surface area contributed by atoms with Gasteiger partial charge in [-0.15, -0.1) is 24.0 Å². The summed E-state index contributed by atoms with van der Waals surface area (Å²) in [5, 5.41) is 6.86. The molecule has 1 heterocycles. The van der Waals surface area contributed by atoms with E-state index in [-0.39, 0.29) is 24.0 Å². The maximum atomic E-state index is 5.79. The summed E-state index contributed by atoms with van der Waals surface area (Å²) in [5.74, 6) is 2.09. The van der Waals surface area contributed by atoms with Gasteiger partial charge in [0.1, 0.15) is 0 Å². The van der Waals surface area contributed by atoms with Gasteiger partial charge < -0.3 is 20.3 Å². The van der Waals surface area contributed by atoms with Gasteiger partial charge >= 0.3 is 0 Å². The van der Waals surface area contributed by atoms with Crippen molar-refractivity contribution in [2.24, 2.45) is 16.8 Å². The molecule has 1 rings (SSSR count). The summed E-state index contributed by atoms with van der Waals surface area (Å²) in [6.45, 7) is 15.2.